The topological polar surface area (TPSA) is 71.7 Å². The Bertz CT molecular complexity index is 1190. The SMILES string of the molecule is CCCCN(CC)S(=O)(=O)c1ccc(C(=O)N=c2sc3ccccc3n2CC)cc1. The van der Waals surface area contributed by atoms with Gasteiger partial charge in [-0.3, -0.25) is 4.79 Å². The summed E-state index contributed by atoms with van der Waals surface area (Å²) in [4.78, 5) is 17.9. The summed E-state index contributed by atoms with van der Waals surface area (Å²) in [5, 5.41) is 0. The highest BCUT2D eigenvalue weighted by molar-refractivity contribution is 7.89. The van der Waals surface area contributed by atoms with E-state index in [-0.39, 0.29) is 10.8 Å². The Labute approximate surface area is 181 Å². The molecule has 2 aromatic carbocycles. The molecule has 3 rings (SSSR count). The number of unbranched alkanes of at least 4 members (excludes halogenated alkanes) is 1. The quantitative estimate of drug-likeness (QED) is 0.520. The van der Waals surface area contributed by atoms with Gasteiger partial charge in [0.2, 0.25) is 10.0 Å². The van der Waals surface area contributed by atoms with E-state index in [0.29, 0.717) is 30.0 Å². The highest BCUT2D eigenvalue weighted by Crippen LogP contribution is 2.19. The number of fused-ring (bicyclic) bond motifs is 1. The fourth-order valence-corrected chi connectivity index (χ4v) is 5.84. The van der Waals surface area contributed by atoms with Crippen molar-refractivity contribution >= 4 is 37.5 Å². The van der Waals surface area contributed by atoms with E-state index >= 15 is 0 Å². The summed E-state index contributed by atoms with van der Waals surface area (Å²) in [6.07, 6.45) is 1.74. The van der Waals surface area contributed by atoms with Gasteiger partial charge in [-0.2, -0.15) is 9.30 Å². The van der Waals surface area contributed by atoms with Gasteiger partial charge in [-0.25, -0.2) is 8.42 Å². The Hall–Kier alpha value is -2.29. The third kappa shape index (κ3) is 4.55. The van der Waals surface area contributed by atoms with Crippen molar-refractivity contribution in [1.82, 2.24) is 8.87 Å². The number of carbonyl (C=O) groups excluding carboxylic acids is 1. The molecule has 0 saturated heterocycles. The van der Waals surface area contributed by atoms with Crippen LogP contribution in [0.5, 0.6) is 0 Å². The third-order valence-electron chi connectivity index (χ3n) is 4.95. The Morgan fingerprint density at radius 2 is 1.77 bits per heavy atom. The van der Waals surface area contributed by atoms with E-state index < -0.39 is 10.0 Å². The number of carbonyl (C=O) groups is 1. The Balaban J connectivity index is 1.90. The number of hydrogen-bond donors (Lipinski definition) is 0. The molecule has 3 aromatic rings. The minimum Gasteiger partial charge on any atom is -0.317 e. The molecule has 0 aliphatic rings. The monoisotopic (exact) mass is 445 g/mol. The van der Waals surface area contributed by atoms with Crippen LogP contribution >= 0.6 is 11.3 Å². The van der Waals surface area contributed by atoms with Crippen LogP contribution < -0.4 is 4.80 Å². The van der Waals surface area contributed by atoms with Crippen molar-refractivity contribution in [1.29, 1.82) is 0 Å². The summed E-state index contributed by atoms with van der Waals surface area (Å²) < 4.78 is 30.2. The lowest BCUT2D eigenvalue weighted by molar-refractivity contribution is 0.0997. The predicted molar refractivity (Wildman–Crippen MR) is 121 cm³/mol. The van der Waals surface area contributed by atoms with Crippen molar-refractivity contribution in [2.75, 3.05) is 13.1 Å². The first-order chi connectivity index (χ1) is 14.4. The van der Waals surface area contributed by atoms with E-state index in [1.807, 2.05) is 49.6 Å². The van der Waals surface area contributed by atoms with Crippen molar-refractivity contribution in [2.45, 2.75) is 45.1 Å². The molecular weight excluding hydrogens is 418 g/mol. The van der Waals surface area contributed by atoms with E-state index in [0.717, 1.165) is 23.1 Å². The zero-order chi connectivity index (χ0) is 21.7. The fraction of sp³-hybridized carbons (Fsp3) is 0.364. The van der Waals surface area contributed by atoms with Gasteiger partial charge in [-0.05, 0) is 49.7 Å². The summed E-state index contributed by atoms with van der Waals surface area (Å²) in [5.74, 6) is -0.383. The van der Waals surface area contributed by atoms with Crippen molar-refractivity contribution in [3.05, 3.63) is 58.9 Å². The van der Waals surface area contributed by atoms with Gasteiger partial charge < -0.3 is 4.57 Å². The molecule has 0 N–H and O–H groups in total. The van der Waals surface area contributed by atoms with E-state index in [4.69, 9.17) is 0 Å². The Morgan fingerprint density at radius 3 is 2.40 bits per heavy atom. The molecule has 30 heavy (non-hydrogen) atoms. The highest BCUT2D eigenvalue weighted by atomic mass is 32.2. The maximum Gasteiger partial charge on any atom is 0.279 e. The fourth-order valence-electron chi connectivity index (χ4n) is 3.26. The molecular formula is C22H27N3O3S2. The number of sulfonamides is 1. The lowest BCUT2D eigenvalue weighted by Gasteiger charge is -2.20. The third-order valence-corrected chi connectivity index (χ3v) is 8.00. The summed E-state index contributed by atoms with van der Waals surface area (Å²) in [5.41, 5.74) is 1.41. The zero-order valence-electron chi connectivity index (χ0n) is 17.5. The van der Waals surface area contributed by atoms with Gasteiger partial charge in [-0.15, -0.1) is 0 Å². The van der Waals surface area contributed by atoms with Gasteiger partial charge >= 0.3 is 0 Å². The number of aryl methyl sites for hydroxylation is 1. The highest BCUT2D eigenvalue weighted by Gasteiger charge is 2.22. The molecule has 0 unspecified atom stereocenters. The van der Waals surface area contributed by atoms with Crippen LogP contribution in [0.25, 0.3) is 10.2 Å². The summed E-state index contributed by atoms with van der Waals surface area (Å²) >= 11 is 1.47. The number of aromatic nitrogens is 1. The molecule has 6 nitrogen and oxygen atoms in total. The number of benzene rings is 2. The van der Waals surface area contributed by atoms with E-state index in [2.05, 4.69) is 4.99 Å². The van der Waals surface area contributed by atoms with Gasteiger partial charge in [-0.1, -0.05) is 43.7 Å². The maximum atomic E-state index is 12.8. The van der Waals surface area contributed by atoms with Crippen LogP contribution in [0.4, 0.5) is 0 Å². The second-order valence-corrected chi connectivity index (χ2v) is 9.84. The Kier molecular flexibility index (Phi) is 7.23. The van der Waals surface area contributed by atoms with Crippen LogP contribution in [0, 0.1) is 0 Å². The molecule has 0 aliphatic heterocycles. The van der Waals surface area contributed by atoms with Crippen LogP contribution in [0.15, 0.2) is 58.4 Å². The van der Waals surface area contributed by atoms with Crippen molar-refractivity contribution < 1.29 is 13.2 Å². The molecule has 8 heteroatoms. The normalized spacial score (nSPS) is 12.7. The number of nitrogens with zero attached hydrogens (tertiary/aromatic N) is 3. The first kappa shape index (κ1) is 22.4. The van der Waals surface area contributed by atoms with Crippen LogP contribution in [0.2, 0.25) is 0 Å². The van der Waals surface area contributed by atoms with Crippen molar-refractivity contribution in [3.63, 3.8) is 0 Å². The van der Waals surface area contributed by atoms with Crippen LogP contribution in [0.1, 0.15) is 44.0 Å². The number of thiazole rings is 1. The van der Waals surface area contributed by atoms with Crippen LogP contribution in [-0.2, 0) is 16.6 Å². The Morgan fingerprint density at radius 1 is 1.07 bits per heavy atom. The molecule has 160 valence electrons. The largest absolute Gasteiger partial charge is 0.317 e. The molecule has 1 aromatic heterocycles. The molecule has 0 spiro atoms. The van der Waals surface area contributed by atoms with Crippen LogP contribution in [0.3, 0.4) is 0 Å². The lowest BCUT2D eigenvalue weighted by Crippen LogP contribution is -2.31. The molecule has 0 radical (unpaired) electrons. The van der Waals surface area contributed by atoms with Crippen LogP contribution in [-0.4, -0.2) is 36.3 Å². The summed E-state index contributed by atoms with van der Waals surface area (Å²) in [6, 6.07) is 14.0. The first-order valence-corrected chi connectivity index (χ1v) is 12.5. The van der Waals surface area contributed by atoms with E-state index in [1.54, 1.807) is 0 Å². The number of rotatable bonds is 8. The first-order valence-electron chi connectivity index (χ1n) is 10.2. The van der Waals surface area contributed by atoms with Gasteiger partial charge in [0.05, 0.1) is 15.1 Å². The smallest absolute Gasteiger partial charge is 0.279 e. The lowest BCUT2D eigenvalue weighted by atomic mass is 10.2. The predicted octanol–water partition coefficient (Wildman–Crippen LogP) is 4.27. The average Bonchev–Trinajstić information content (AvgIpc) is 3.11. The molecule has 0 fully saturated rings. The molecule has 0 atom stereocenters. The second-order valence-electron chi connectivity index (χ2n) is 6.89. The van der Waals surface area contributed by atoms with Crippen molar-refractivity contribution in [3.8, 4) is 0 Å². The zero-order valence-corrected chi connectivity index (χ0v) is 19.2. The number of para-hydroxylation sites is 1. The minimum absolute atomic E-state index is 0.197. The van der Waals surface area contributed by atoms with Gasteiger partial charge in [0.15, 0.2) is 4.80 Å². The molecule has 0 bridgehead atoms. The van der Waals surface area contributed by atoms with E-state index in [9.17, 15) is 13.2 Å². The summed E-state index contributed by atoms with van der Waals surface area (Å²) in [6.45, 7) is 7.50. The summed E-state index contributed by atoms with van der Waals surface area (Å²) in [7, 11) is -3.56. The van der Waals surface area contributed by atoms with Gasteiger partial charge in [0.25, 0.3) is 5.91 Å². The van der Waals surface area contributed by atoms with E-state index in [1.165, 1.54) is 39.9 Å². The minimum atomic E-state index is -3.56. The molecule has 1 heterocycles. The number of hydrogen-bond acceptors (Lipinski definition) is 4. The maximum absolute atomic E-state index is 12.8. The molecule has 0 aliphatic carbocycles. The molecule has 0 saturated carbocycles. The average molecular weight is 446 g/mol. The second kappa shape index (κ2) is 9.68. The number of amides is 1. The van der Waals surface area contributed by atoms with Gasteiger partial charge in [0, 0.05) is 25.2 Å². The molecule has 1 amide bonds. The standard InChI is InChI=1S/C22H27N3O3S2/c1-4-7-16-24(5-2)30(27,28)18-14-12-17(13-15-18)21(26)23-22-25(6-3)19-10-8-9-11-20(19)29-22/h8-15H,4-7,16H2,1-3H3. The van der Waals surface area contributed by atoms with Gasteiger partial charge in [0.1, 0.15) is 0 Å². The van der Waals surface area contributed by atoms with Crippen molar-refractivity contribution in [2.24, 2.45) is 4.99 Å².